The predicted molar refractivity (Wildman–Crippen MR) is 56.1 cm³/mol. The lowest BCUT2D eigenvalue weighted by Gasteiger charge is -2.12. The summed E-state index contributed by atoms with van der Waals surface area (Å²) < 4.78 is 10.6. The maximum Gasteiger partial charge on any atom is 0.257 e. The van der Waals surface area contributed by atoms with Gasteiger partial charge < -0.3 is 9.47 Å². The Hall–Kier alpha value is -0.540. The van der Waals surface area contributed by atoms with Crippen LogP contribution in [0.5, 0.6) is 5.75 Å². The van der Waals surface area contributed by atoms with Gasteiger partial charge in [0.05, 0.1) is 0 Å². The average Bonchev–Trinajstić information content (AvgIpc) is 2.04. The van der Waals surface area contributed by atoms with Gasteiger partial charge in [0.25, 0.3) is 5.20 Å². The highest BCUT2D eigenvalue weighted by Gasteiger charge is 2.03. The third-order valence-corrected chi connectivity index (χ3v) is 1.97. The third-order valence-electron chi connectivity index (χ3n) is 1.52. The Morgan fingerprint density at radius 2 is 2.23 bits per heavy atom. The number of aryl methyl sites for hydroxylation is 1. The van der Waals surface area contributed by atoms with Crippen molar-refractivity contribution in [1.29, 1.82) is 0 Å². The molecule has 0 N–H and O–H groups in total. The van der Waals surface area contributed by atoms with Crippen LogP contribution < -0.4 is 4.74 Å². The summed E-state index contributed by atoms with van der Waals surface area (Å²) in [6.45, 7) is 4.58. The van der Waals surface area contributed by atoms with E-state index in [1.54, 1.807) is 0 Å². The Balaban J connectivity index is 2.53. The Bertz CT molecular complexity index is 263. The highest BCUT2D eigenvalue weighted by Crippen LogP contribution is 2.16. The molecule has 1 unspecified atom stereocenters. The third kappa shape index (κ3) is 3.79. The first-order chi connectivity index (χ1) is 6.22. The summed E-state index contributed by atoms with van der Waals surface area (Å²) in [5.41, 5.74) is 1.17. The fourth-order valence-electron chi connectivity index (χ4n) is 0.961. The molecule has 0 heterocycles. The van der Waals surface area contributed by atoms with E-state index in [4.69, 9.17) is 9.47 Å². The molecule has 0 saturated heterocycles. The topological polar surface area (TPSA) is 18.5 Å². The van der Waals surface area contributed by atoms with Gasteiger partial charge in [-0.15, -0.1) is 0 Å². The Labute approximate surface area is 87.0 Å². The number of hydrogen-bond acceptors (Lipinski definition) is 2. The molecule has 3 heteroatoms. The molecule has 2 nitrogen and oxygen atoms in total. The first kappa shape index (κ1) is 10.5. The van der Waals surface area contributed by atoms with E-state index in [1.165, 1.54) is 5.56 Å². The number of hydrogen-bond donors (Lipinski definition) is 0. The first-order valence-corrected chi connectivity index (χ1v) is 5.13. The van der Waals surface area contributed by atoms with Crippen molar-refractivity contribution in [1.82, 2.24) is 0 Å². The first-order valence-electron chi connectivity index (χ1n) is 4.21. The zero-order chi connectivity index (χ0) is 9.68. The lowest BCUT2D eigenvalue weighted by atomic mass is 10.2. The Morgan fingerprint density at radius 3 is 2.85 bits per heavy atom. The zero-order valence-electron chi connectivity index (χ0n) is 7.79. The molecule has 1 aromatic rings. The van der Waals surface area contributed by atoms with E-state index in [0.29, 0.717) is 6.61 Å². The van der Waals surface area contributed by atoms with Crippen molar-refractivity contribution in [3.8, 4) is 5.75 Å². The summed E-state index contributed by atoms with van der Waals surface area (Å²) in [6.07, 6.45) is 0. The predicted octanol–water partition coefficient (Wildman–Crippen LogP) is 3.09. The Kier molecular flexibility index (Phi) is 4.25. The van der Waals surface area contributed by atoms with Crippen molar-refractivity contribution in [3.05, 3.63) is 29.8 Å². The van der Waals surface area contributed by atoms with Crippen LogP contribution in [0.25, 0.3) is 0 Å². The van der Waals surface area contributed by atoms with Gasteiger partial charge in [-0.25, -0.2) is 0 Å². The summed E-state index contributed by atoms with van der Waals surface area (Å²) in [5.74, 6) is 0.815. The average molecular weight is 245 g/mol. The molecule has 0 radical (unpaired) electrons. The van der Waals surface area contributed by atoms with E-state index < -0.39 is 0 Å². The number of ether oxygens (including phenoxy) is 2. The summed E-state index contributed by atoms with van der Waals surface area (Å²) in [6, 6.07) is 7.85. The van der Waals surface area contributed by atoms with Gasteiger partial charge in [-0.2, -0.15) is 0 Å². The number of rotatable bonds is 4. The van der Waals surface area contributed by atoms with E-state index >= 15 is 0 Å². The minimum absolute atomic E-state index is 0.362. The molecule has 0 bridgehead atoms. The molecule has 0 aliphatic rings. The van der Waals surface area contributed by atoms with Crippen LogP contribution in [0.15, 0.2) is 24.3 Å². The van der Waals surface area contributed by atoms with Crippen LogP contribution in [-0.2, 0) is 4.74 Å². The maximum absolute atomic E-state index is 5.43. The molecule has 0 aromatic heterocycles. The van der Waals surface area contributed by atoms with Crippen molar-refractivity contribution in [2.75, 3.05) is 6.61 Å². The van der Waals surface area contributed by atoms with E-state index in [-0.39, 0.29) is 5.20 Å². The Morgan fingerprint density at radius 1 is 1.46 bits per heavy atom. The van der Waals surface area contributed by atoms with Crippen molar-refractivity contribution >= 4 is 15.9 Å². The van der Waals surface area contributed by atoms with Gasteiger partial charge >= 0.3 is 0 Å². The van der Waals surface area contributed by atoms with Crippen LogP contribution in [0.2, 0.25) is 0 Å². The van der Waals surface area contributed by atoms with Gasteiger partial charge in [0.15, 0.2) is 0 Å². The summed E-state index contributed by atoms with van der Waals surface area (Å²) in [4.78, 5) is 0. The van der Waals surface area contributed by atoms with Crippen molar-refractivity contribution in [2.24, 2.45) is 0 Å². The number of halogens is 1. The van der Waals surface area contributed by atoms with E-state index in [1.807, 2.05) is 38.1 Å². The maximum atomic E-state index is 5.43. The second-order valence-corrected chi connectivity index (χ2v) is 3.41. The fourth-order valence-corrected chi connectivity index (χ4v) is 1.44. The van der Waals surface area contributed by atoms with Gasteiger partial charge in [0.2, 0.25) is 0 Å². The van der Waals surface area contributed by atoms with Gasteiger partial charge in [-0.1, -0.05) is 12.1 Å². The van der Waals surface area contributed by atoms with Gasteiger partial charge in [-0.3, -0.25) is 0 Å². The molecule has 0 amide bonds. The second kappa shape index (κ2) is 5.25. The molecule has 0 saturated carbocycles. The van der Waals surface area contributed by atoms with Crippen LogP contribution in [-0.4, -0.2) is 11.8 Å². The minimum atomic E-state index is -0.362. The SMILES string of the molecule is CCOC(Br)Oc1cccc(C)c1. The molecule has 72 valence electrons. The fraction of sp³-hybridized carbons (Fsp3) is 0.400. The molecular weight excluding hydrogens is 232 g/mol. The second-order valence-electron chi connectivity index (χ2n) is 2.66. The molecule has 0 spiro atoms. The highest BCUT2D eigenvalue weighted by molar-refractivity contribution is 9.09. The summed E-state index contributed by atoms with van der Waals surface area (Å²) in [5, 5.41) is -0.362. The molecule has 0 fully saturated rings. The summed E-state index contributed by atoms with van der Waals surface area (Å²) >= 11 is 3.25. The molecule has 1 rings (SSSR count). The van der Waals surface area contributed by atoms with Crippen molar-refractivity contribution in [3.63, 3.8) is 0 Å². The molecule has 0 aliphatic heterocycles. The molecule has 0 aliphatic carbocycles. The molecule has 13 heavy (non-hydrogen) atoms. The quantitative estimate of drug-likeness (QED) is 0.599. The number of benzene rings is 1. The van der Waals surface area contributed by atoms with E-state index in [9.17, 15) is 0 Å². The minimum Gasteiger partial charge on any atom is -0.455 e. The number of alkyl halides is 1. The van der Waals surface area contributed by atoms with Crippen LogP contribution >= 0.6 is 15.9 Å². The lowest BCUT2D eigenvalue weighted by molar-refractivity contribution is -0.00285. The van der Waals surface area contributed by atoms with Crippen LogP contribution in [0.1, 0.15) is 12.5 Å². The van der Waals surface area contributed by atoms with Gasteiger partial charge in [0.1, 0.15) is 5.75 Å². The smallest absolute Gasteiger partial charge is 0.257 e. The van der Waals surface area contributed by atoms with Crippen molar-refractivity contribution in [2.45, 2.75) is 19.0 Å². The largest absolute Gasteiger partial charge is 0.455 e. The zero-order valence-corrected chi connectivity index (χ0v) is 9.37. The van der Waals surface area contributed by atoms with Gasteiger partial charge in [-0.05, 0) is 47.5 Å². The highest BCUT2D eigenvalue weighted by atomic mass is 79.9. The van der Waals surface area contributed by atoms with Crippen molar-refractivity contribution < 1.29 is 9.47 Å². The van der Waals surface area contributed by atoms with Crippen LogP contribution in [0, 0.1) is 6.92 Å². The van der Waals surface area contributed by atoms with Crippen LogP contribution in [0.3, 0.4) is 0 Å². The van der Waals surface area contributed by atoms with Gasteiger partial charge in [0, 0.05) is 6.61 Å². The standard InChI is InChI=1S/C10H13BrO2/c1-3-12-10(11)13-9-6-4-5-8(2)7-9/h4-7,10H,3H2,1-2H3. The van der Waals surface area contributed by atoms with Crippen LogP contribution in [0.4, 0.5) is 0 Å². The molecular formula is C10H13BrO2. The summed E-state index contributed by atoms with van der Waals surface area (Å²) in [7, 11) is 0. The van der Waals surface area contributed by atoms with E-state index in [2.05, 4.69) is 15.9 Å². The monoisotopic (exact) mass is 244 g/mol. The lowest BCUT2D eigenvalue weighted by Crippen LogP contribution is -2.12. The molecule has 1 atom stereocenters. The molecule has 1 aromatic carbocycles. The van der Waals surface area contributed by atoms with E-state index in [0.717, 1.165) is 5.75 Å². The normalized spacial score (nSPS) is 12.5.